The number of β-lactam (4-membered cyclic amide) rings is 1. The molecular formula is C17H23N3O. The second kappa shape index (κ2) is 5.09. The highest BCUT2D eigenvalue weighted by atomic mass is 16.2. The van der Waals surface area contributed by atoms with Gasteiger partial charge in [-0.3, -0.25) is 14.7 Å². The molecule has 0 bridgehead atoms. The molecule has 0 N–H and O–H groups in total. The molecule has 4 nitrogen and oxygen atoms in total. The Bertz CT molecular complexity index is 518. The fourth-order valence-electron chi connectivity index (χ4n) is 3.74. The Morgan fingerprint density at radius 1 is 1.24 bits per heavy atom. The molecular weight excluding hydrogens is 262 g/mol. The van der Waals surface area contributed by atoms with E-state index in [4.69, 9.17) is 0 Å². The number of piperidine rings is 1. The molecule has 1 aromatic rings. The van der Waals surface area contributed by atoms with Gasteiger partial charge in [-0.1, -0.05) is 6.07 Å². The smallest absolute Gasteiger partial charge is 0.230 e. The molecule has 3 fully saturated rings. The summed E-state index contributed by atoms with van der Waals surface area (Å²) in [4.78, 5) is 21.4. The first-order chi connectivity index (χ1) is 10.3. The van der Waals surface area contributed by atoms with E-state index in [0.717, 1.165) is 57.2 Å². The van der Waals surface area contributed by atoms with Crippen molar-refractivity contribution < 1.29 is 4.79 Å². The molecule has 1 saturated carbocycles. The Morgan fingerprint density at radius 3 is 2.67 bits per heavy atom. The maximum absolute atomic E-state index is 12.5. The van der Waals surface area contributed by atoms with Gasteiger partial charge >= 0.3 is 0 Å². The Hall–Kier alpha value is -1.42. The zero-order valence-corrected chi connectivity index (χ0v) is 12.5. The molecule has 2 saturated heterocycles. The Balaban J connectivity index is 1.30. The number of hydrogen-bond acceptors (Lipinski definition) is 3. The third-order valence-electron chi connectivity index (χ3n) is 5.33. The number of carbonyl (C=O) groups excluding carboxylic acids is 1. The van der Waals surface area contributed by atoms with Gasteiger partial charge in [0.05, 0.1) is 11.1 Å². The van der Waals surface area contributed by atoms with E-state index in [2.05, 4.69) is 20.9 Å². The lowest BCUT2D eigenvalue weighted by atomic mass is 9.71. The average molecular weight is 285 g/mol. The number of pyridine rings is 1. The quantitative estimate of drug-likeness (QED) is 0.793. The third kappa shape index (κ3) is 2.57. The fraction of sp³-hybridized carbons (Fsp3) is 0.647. The van der Waals surface area contributed by atoms with Crippen LogP contribution in [0.3, 0.4) is 0 Å². The number of amides is 1. The highest BCUT2D eigenvalue weighted by Gasteiger charge is 2.53. The minimum Gasteiger partial charge on any atom is -0.341 e. The van der Waals surface area contributed by atoms with Gasteiger partial charge in [-0.2, -0.15) is 0 Å². The highest BCUT2D eigenvalue weighted by Crippen LogP contribution is 2.44. The van der Waals surface area contributed by atoms with Gasteiger partial charge in [-0.05, 0) is 56.8 Å². The predicted octanol–water partition coefficient (Wildman–Crippen LogP) is 1.92. The monoisotopic (exact) mass is 285 g/mol. The van der Waals surface area contributed by atoms with E-state index < -0.39 is 0 Å². The van der Waals surface area contributed by atoms with E-state index in [-0.39, 0.29) is 5.41 Å². The zero-order valence-electron chi connectivity index (χ0n) is 12.5. The summed E-state index contributed by atoms with van der Waals surface area (Å²) >= 11 is 0. The number of rotatable bonds is 4. The van der Waals surface area contributed by atoms with Gasteiger partial charge < -0.3 is 4.90 Å². The zero-order chi connectivity index (χ0) is 14.3. The van der Waals surface area contributed by atoms with Crippen molar-refractivity contribution in [3.63, 3.8) is 0 Å². The van der Waals surface area contributed by atoms with Crippen molar-refractivity contribution in [1.29, 1.82) is 0 Å². The van der Waals surface area contributed by atoms with Crippen LogP contribution in [0.4, 0.5) is 0 Å². The number of carbonyl (C=O) groups is 1. The summed E-state index contributed by atoms with van der Waals surface area (Å²) in [6.45, 7) is 5.01. The molecule has 112 valence electrons. The van der Waals surface area contributed by atoms with Gasteiger partial charge in [-0.15, -0.1) is 0 Å². The van der Waals surface area contributed by atoms with Crippen molar-refractivity contribution in [2.24, 2.45) is 11.3 Å². The maximum atomic E-state index is 12.5. The van der Waals surface area contributed by atoms with Gasteiger partial charge in [0.25, 0.3) is 0 Å². The number of hydrogen-bond donors (Lipinski definition) is 0. The Morgan fingerprint density at radius 2 is 2.05 bits per heavy atom. The van der Waals surface area contributed by atoms with Crippen LogP contribution >= 0.6 is 0 Å². The molecule has 3 aliphatic rings. The van der Waals surface area contributed by atoms with Crippen LogP contribution in [-0.2, 0) is 11.3 Å². The average Bonchev–Trinajstić information content (AvgIpc) is 3.33. The van der Waals surface area contributed by atoms with Crippen LogP contribution in [0.15, 0.2) is 24.4 Å². The second-order valence-corrected chi connectivity index (χ2v) is 7.01. The van der Waals surface area contributed by atoms with Gasteiger partial charge in [0.1, 0.15) is 0 Å². The van der Waals surface area contributed by atoms with E-state index in [0.29, 0.717) is 5.91 Å². The molecule has 0 atom stereocenters. The minimum absolute atomic E-state index is 0.00446. The van der Waals surface area contributed by atoms with Crippen LogP contribution in [-0.4, -0.2) is 46.9 Å². The third-order valence-corrected chi connectivity index (χ3v) is 5.33. The van der Waals surface area contributed by atoms with Gasteiger partial charge in [0.15, 0.2) is 0 Å². The summed E-state index contributed by atoms with van der Waals surface area (Å²) in [7, 11) is 0. The van der Waals surface area contributed by atoms with E-state index in [9.17, 15) is 4.79 Å². The van der Waals surface area contributed by atoms with E-state index in [1.807, 2.05) is 18.3 Å². The van der Waals surface area contributed by atoms with Crippen molar-refractivity contribution in [2.45, 2.75) is 32.2 Å². The van der Waals surface area contributed by atoms with Crippen LogP contribution in [0.25, 0.3) is 0 Å². The molecule has 0 radical (unpaired) electrons. The van der Waals surface area contributed by atoms with Crippen LogP contribution < -0.4 is 0 Å². The molecule has 1 aromatic heterocycles. The van der Waals surface area contributed by atoms with Crippen molar-refractivity contribution in [3.05, 3.63) is 30.1 Å². The molecule has 0 aromatic carbocycles. The number of nitrogens with zero attached hydrogens (tertiary/aromatic N) is 3. The molecule has 1 spiro atoms. The van der Waals surface area contributed by atoms with Crippen LogP contribution in [0.5, 0.6) is 0 Å². The molecule has 1 amide bonds. The molecule has 2 aliphatic heterocycles. The second-order valence-electron chi connectivity index (χ2n) is 7.01. The summed E-state index contributed by atoms with van der Waals surface area (Å²) < 4.78 is 0. The number of aromatic nitrogens is 1. The van der Waals surface area contributed by atoms with E-state index in [1.54, 1.807) is 0 Å². The summed E-state index contributed by atoms with van der Waals surface area (Å²) in [5, 5.41) is 0. The summed E-state index contributed by atoms with van der Waals surface area (Å²) in [6, 6.07) is 6.07. The Kier molecular flexibility index (Phi) is 3.21. The lowest BCUT2D eigenvalue weighted by molar-refractivity contribution is -0.165. The van der Waals surface area contributed by atoms with Crippen molar-refractivity contribution in [2.75, 3.05) is 26.2 Å². The van der Waals surface area contributed by atoms with Gasteiger partial charge in [0.2, 0.25) is 5.91 Å². The maximum Gasteiger partial charge on any atom is 0.230 e. The molecule has 0 unspecified atom stereocenters. The minimum atomic E-state index is -0.00446. The molecule has 3 heterocycles. The first kappa shape index (κ1) is 13.3. The molecule has 4 heteroatoms. The Labute approximate surface area is 126 Å². The molecule has 21 heavy (non-hydrogen) atoms. The lowest BCUT2D eigenvalue weighted by Crippen LogP contribution is -2.64. The number of likely N-dealkylation sites (tertiary alicyclic amines) is 2. The normalized spacial score (nSPS) is 25.1. The van der Waals surface area contributed by atoms with E-state index in [1.165, 1.54) is 12.8 Å². The van der Waals surface area contributed by atoms with Crippen molar-refractivity contribution in [3.8, 4) is 0 Å². The van der Waals surface area contributed by atoms with Gasteiger partial charge in [0, 0.05) is 25.8 Å². The lowest BCUT2D eigenvalue weighted by Gasteiger charge is -2.52. The van der Waals surface area contributed by atoms with Crippen LogP contribution in [0.1, 0.15) is 31.4 Å². The first-order valence-electron chi connectivity index (χ1n) is 8.17. The summed E-state index contributed by atoms with van der Waals surface area (Å²) in [6.07, 6.45) is 6.56. The van der Waals surface area contributed by atoms with Crippen molar-refractivity contribution in [1.82, 2.24) is 14.8 Å². The SMILES string of the molecule is O=C1N(CC2CC2)CC12CCN(Cc1ccccn1)CC2. The van der Waals surface area contributed by atoms with E-state index >= 15 is 0 Å². The predicted molar refractivity (Wildman–Crippen MR) is 80.5 cm³/mol. The molecule has 1 aliphatic carbocycles. The summed E-state index contributed by atoms with van der Waals surface area (Å²) in [5.74, 6) is 1.25. The van der Waals surface area contributed by atoms with Crippen LogP contribution in [0.2, 0.25) is 0 Å². The van der Waals surface area contributed by atoms with Crippen molar-refractivity contribution >= 4 is 5.91 Å². The largest absolute Gasteiger partial charge is 0.341 e. The standard InChI is InChI=1S/C17H23N3O/c21-16-17(13-20(16)11-14-4-5-14)6-9-19(10-7-17)12-15-3-1-2-8-18-15/h1-3,8,14H,4-7,9-13H2. The highest BCUT2D eigenvalue weighted by molar-refractivity contribution is 5.89. The van der Waals surface area contributed by atoms with Gasteiger partial charge in [-0.25, -0.2) is 0 Å². The van der Waals surface area contributed by atoms with Crippen LogP contribution in [0, 0.1) is 11.3 Å². The fourth-order valence-corrected chi connectivity index (χ4v) is 3.74. The topological polar surface area (TPSA) is 36.4 Å². The first-order valence-corrected chi connectivity index (χ1v) is 8.17. The summed E-state index contributed by atoms with van der Waals surface area (Å²) in [5.41, 5.74) is 1.12. The molecule has 4 rings (SSSR count).